The van der Waals surface area contributed by atoms with E-state index in [1.807, 2.05) is 5.38 Å². The van der Waals surface area contributed by atoms with Crippen molar-refractivity contribution in [3.05, 3.63) is 47.8 Å². The molecule has 2 nitrogen and oxygen atoms in total. The molecule has 4 heteroatoms. The molecule has 0 atom stereocenters. The maximum absolute atomic E-state index is 13.2. The Morgan fingerprint density at radius 3 is 2.80 bits per heavy atom. The van der Waals surface area contributed by atoms with Crippen molar-refractivity contribution in [2.75, 3.05) is 0 Å². The number of allylic oxidation sites excluding steroid dienone is 1. The van der Waals surface area contributed by atoms with Crippen molar-refractivity contribution in [3.8, 4) is 11.4 Å². The highest BCUT2D eigenvalue weighted by Crippen LogP contribution is 2.28. The minimum Gasteiger partial charge on any atom is -0.237 e. The maximum Gasteiger partial charge on any atom is 0.159 e. The highest BCUT2D eigenvalue weighted by molar-refractivity contribution is 7.11. The Morgan fingerprint density at radius 2 is 2.13 bits per heavy atom. The van der Waals surface area contributed by atoms with Crippen LogP contribution < -0.4 is 0 Å². The third-order valence-electron chi connectivity index (χ3n) is 1.84. The molecule has 0 aromatic carbocycles. The van der Waals surface area contributed by atoms with Gasteiger partial charge in [-0.15, -0.1) is 11.3 Å². The summed E-state index contributed by atoms with van der Waals surface area (Å²) in [5.41, 5.74) is 0.826. The lowest BCUT2D eigenvalue weighted by molar-refractivity contribution is 0.764. The van der Waals surface area contributed by atoms with Gasteiger partial charge in [-0.1, -0.05) is 0 Å². The molecule has 15 heavy (non-hydrogen) atoms. The lowest BCUT2D eigenvalue weighted by Crippen LogP contribution is -1.83. The Hall–Kier alpha value is -1.55. The number of halogens is 1. The highest BCUT2D eigenvalue weighted by atomic mass is 32.1. The summed E-state index contributed by atoms with van der Waals surface area (Å²) in [5.74, 6) is 0.291. The number of aromatic nitrogens is 2. The smallest absolute Gasteiger partial charge is 0.159 e. The summed E-state index contributed by atoms with van der Waals surface area (Å²) < 4.78 is 13.2. The van der Waals surface area contributed by atoms with Gasteiger partial charge in [0.05, 0.1) is 4.88 Å². The van der Waals surface area contributed by atoms with Crippen LogP contribution in [0.3, 0.4) is 0 Å². The summed E-state index contributed by atoms with van der Waals surface area (Å²) >= 11 is 1.31. The summed E-state index contributed by atoms with van der Waals surface area (Å²) in [6.07, 6.45) is 4.52. The van der Waals surface area contributed by atoms with E-state index in [0.29, 0.717) is 10.7 Å². The Bertz CT molecular complexity index is 476. The van der Waals surface area contributed by atoms with Crippen LogP contribution >= 0.6 is 11.3 Å². The van der Waals surface area contributed by atoms with Crippen molar-refractivity contribution in [2.45, 2.75) is 0 Å². The fourth-order valence-electron chi connectivity index (χ4n) is 1.13. The van der Waals surface area contributed by atoms with Crippen molar-refractivity contribution in [1.29, 1.82) is 0 Å². The zero-order valence-corrected chi connectivity index (χ0v) is 8.67. The van der Waals surface area contributed by atoms with Gasteiger partial charge in [0, 0.05) is 23.3 Å². The van der Waals surface area contributed by atoms with Gasteiger partial charge in [0.25, 0.3) is 0 Å². The lowest BCUT2D eigenvalue weighted by atomic mass is 10.3. The molecule has 0 spiro atoms. The van der Waals surface area contributed by atoms with Gasteiger partial charge >= 0.3 is 0 Å². The van der Waals surface area contributed by atoms with Crippen LogP contribution in [0.1, 0.15) is 4.88 Å². The minimum absolute atomic E-state index is 0.317. The van der Waals surface area contributed by atoms with Gasteiger partial charge in [0.2, 0.25) is 0 Å². The lowest BCUT2D eigenvalue weighted by Gasteiger charge is -1.92. The summed E-state index contributed by atoms with van der Waals surface area (Å²) in [6, 6.07) is 3.46. The third kappa shape index (κ3) is 2.10. The molecular formula is C11H8FN2S. The second-order valence-corrected chi connectivity index (χ2v) is 3.74. The number of nitrogens with zero attached hydrogens (tertiary/aromatic N) is 2. The first-order valence-corrected chi connectivity index (χ1v) is 5.20. The summed E-state index contributed by atoms with van der Waals surface area (Å²) in [4.78, 5) is 8.72. The van der Waals surface area contributed by atoms with Crippen LogP contribution in [0.25, 0.3) is 17.2 Å². The van der Waals surface area contributed by atoms with Crippen molar-refractivity contribution in [3.63, 3.8) is 0 Å². The van der Waals surface area contributed by atoms with E-state index < -0.39 is 0 Å². The molecule has 1 radical (unpaired) electrons. The first-order chi connectivity index (χ1) is 7.31. The normalized spacial score (nSPS) is 11.7. The number of thiophene rings is 1. The Morgan fingerprint density at radius 1 is 1.40 bits per heavy atom. The van der Waals surface area contributed by atoms with Gasteiger partial charge < -0.3 is 0 Å². The summed E-state index contributed by atoms with van der Waals surface area (Å²) in [6.45, 7) is 3.38. The monoisotopic (exact) mass is 219 g/mol. The molecule has 0 amide bonds. The number of hydrogen-bond donors (Lipinski definition) is 0. The average Bonchev–Trinajstić information content (AvgIpc) is 2.78. The SMILES string of the molecule is [CH2]/C=C(\F)c1cc(-c2ncccn2)cs1. The fraction of sp³-hybridized carbons (Fsp3) is 0. The Labute approximate surface area is 91.1 Å². The predicted octanol–water partition coefficient (Wildman–Crippen LogP) is 3.35. The minimum atomic E-state index is -0.317. The van der Waals surface area contributed by atoms with Gasteiger partial charge in [0.15, 0.2) is 5.82 Å². The molecule has 2 aromatic heterocycles. The molecule has 0 aliphatic heterocycles. The van der Waals surface area contributed by atoms with Crippen LogP contribution in [-0.2, 0) is 0 Å². The van der Waals surface area contributed by atoms with E-state index >= 15 is 0 Å². The first-order valence-electron chi connectivity index (χ1n) is 4.32. The maximum atomic E-state index is 13.2. The molecule has 0 fully saturated rings. The van der Waals surface area contributed by atoms with Gasteiger partial charge in [-0.05, 0) is 25.1 Å². The van der Waals surface area contributed by atoms with E-state index in [1.54, 1.807) is 24.5 Å². The first kappa shape index (κ1) is 9.98. The van der Waals surface area contributed by atoms with Crippen molar-refractivity contribution >= 4 is 17.2 Å². The molecule has 0 N–H and O–H groups in total. The topological polar surface area (TPSA) is 25.8 Å². The molecule has 0 saturated heterocycles. The fourth-order valence-corrected chi connectivity index (χ4v) is 1.95. The van der Waals surface area contributed by atoms with Crippen LogP contribution in [0, 0.1) is 6.92 Å². The molecule has 0 bridgehead atoms. The average molecular weight is 219 g/mol. The molecule has 2 heterocycles. The van der Waals surface area contributed by atoms with E-state index in [1.165, 1.54) is 17.4 Å². The summed E-state index contributed by atoms with van der Waals surface area (Å²) in [7, 11) is 0. The number of rotatable bonds is 2. The number of hydrogen-bond acceptors (Lipinski definition) is 3. The largest absolute Gasteiger partial charge is 0.237 e. The van der Waals surface area contributed by atoms with E-state index in [2.05, 4.69) is 16.9 Å². The molecule has 0 aliphatic carbocycles. The Kier molecular flexibility index (Phi) is 2.87. The molecule has 0 aliphatic rings. The standard InChI is InChI=1S/C11H8FN2S/c1-2-9(12)10-6-8(7-15-10)11-13-4-3-5-14-11/h2-7H,1H2/b9-2-. The van der Waals surface area contributed by atoms with Crippen LogP contribution in [0.15, 0.2) is 36.0 Å². The zero-order chi connectivity index (χ0) is 10.7. The molecule has 2 rings (SSSR count). The van der Waals surface area contributed by atoms with Gasteiger partial charge in [-0.25, -0.2) is 14.4 Å². The van der Waals surface area contributed by atoms with E-state index in [4.69, 9.17) is 0 Å². The van der Waals surface area contributed by atoms with Gasteiger partial charge in [0.1, 0.15) is 5.83 Å². The molecule has 0 unspecified atom stereocenters. The van der Waals surface area contributed by atoms with Crippen molar-refractivity contribution in [2.24, 2.45) is 0 Å². The van der Waals surface area contributed by atoms with E-state index in [9.17, 15) is 4.39 Å². The van der Waals surface area contributed by atoms with E-state index in [0.717, 1.165) is 5.56 Å². The Balaban J connectivity index is 2.36. The van der Waals surface area contributed by atoms with Crippen LogP contribution in [0.5, 0.6) is 0 Å². The van der Waals surface area contributed by atoms with Crippen LogP contribution in [0.2, 0.25) is 0 Å². The highest BCUT2D eigenvalue weighted by Gasteiger charge is 2.06. The third-order valence-corrected chi connectivity index (χ3v) is 2.78. The summed E-state index contributed by atoms with van der Waals surface area (Å²) in [5, 5.41) is 1.83. The predicted molar refractivity (Wildman–Crippen MR) is 59.8 cm³/mol. The quantitative estimate of drug-likeness (QED) is 0.774. The molecular weight excluding hydrogens is 211 g/mol. The van der Waals surface area contributed by atoms with Gasteiger partial charge in [-0.2, -0.15) is 0 Å². The van der Waals surface area contributed by atoms with Gasteiger partial charge in [-0.3, -0.25) is 0 Å². The second-order valence-electron chi connectivity index (χ2n) is 2.82. The molecule has 75 valence electrons. The van der Waals surface area contributed by atoms with Crippen molar-refractivity contribution < 1.29 is 4.39 Å². The van der Waals surface area contributed by atoms with Crippen LogP contribution in [-0.4, -0.2) is 9.97 Å². The molecule has 2 aromatic rings. The zero-order valence-electron chi connectivity index (χ0n) is 7.85. The second kappa shape index (κ2) is 4.31. The van der Waals surface area contributed by atoms with Crippen LogP contribution in [0.4, 0.5) is 4.39 Å². The van der Waals surface area contributed by atoms with E-state index in [-0.39, 0.29) is 5.83 Å². The van der Waals surface area contributed by atoms with Crippen molar-refractivity contribution in [1.82, 2.24) is 9.97 Å². The molecule has 0 saturated carbocycles.